The molecule has 2 rings (SSSR count). The van der Waals surface area contributed by atoms with Crippen molar-refractivity contribution in [2.45, 2.75) is 0 Å². The van der Waals surface area contributed by atoms with Gasteiger partial charge in [-0.2, -0.15) is 0 Å². The van der Waals surface area contributed by atoms with Crippen molar-refractivity contribution in [1.82, 2.24) is 16.2 Å². The van der Waals surface area contributed by atoms with E-state index in [0.717, 1.165) is 3.57 Å². The molecule has 3 N–H and O–H groups in total. The number of rotatable bonds is 3. The lowest BCUT2D eigenvalue weighted by Gasteiger charge is -2.12. The van der Waals surface area contributed by atoms with Gasteiger partial charge in [-0.15, -0.1) is 0 Å². The molecule has 0 aliphatic carbocycles. The van der Waals surface area contributed by atoms with Gasteiger partial charge in [-0.1, -0.05) is 12.1 Å². The molecule has 0 bridgehead atoms. The average molecular weight is 534 g/mol. The van der Waals surface area contributed by atoms with Gasteiger partial charge < -0.3 is 4.74 Å². The molecule has 0 spiro atoms. The molecule has 25 heavy (non-hydrogen) atoms. The summed E-state index contributed by atoms with van der Waals surface area (Å²) in [6.07, 6.45) is 0. The maximum absolute atomic E-state index is 12.1. The maximum atomic E-state index is 12.1. The van der Waals surface area contributed by atoms with Gasteiger partial charge >= 0.3 is 0 Å². The Bertz CT molecular complexity index is 832. The van der Waals surface area contributed by atoms with E-state index in [1.807, 2.05) is 12.1 Å². The van der Waals surface area contributed by atoms with Crippen molar-refractivity contribution in [2.24, 2.45) is 0 Å². The van der Waals surface area contributed by atoms with E-state index in [9.17, 15) is 9.59 Å². The van der Waals surface area contributed by atoms with Crippen LogP contribution < -0.4 is 20.9 Å². The van der Waals surface area contributed by atoms with Gasteiger partial charge in [0.1, 0.15) is 5.75 Å². The molecule has 2 aromatic carbocycles. The molecule has 0 atom stereocenters. The highest BCUT2D eigenvalue weighted by Gasteiger charge is 2.12. The van der Waals surface area contributed by atoms with Crippen molar-refractivity contribution >= 4 is 67.7 Å². The molecule has 2 amide bonds. The monoisotopic (exact) mass is 533 g/mol. The number of halogens is 2. The number of amides is 2. The smallest absolute Gasteiger partial charge is 0.269 e. The van der Waals surface area contributed by atoms with Crippen LogP contribution in [0, 0.1) is 3.57 Å². The number of hydrogen-bond acceptors (Lipinski definition) is 4. The lowest BCUT2D eigenvalue weighted by Crippen LogP contribution is -2.48. The van der Waals surface area contributed by atoms with E-state index in [-0.39, 0.29) is 11.0 Å². The van der Waals surface area contributed by atoms with E-state index in [4.69, 9.17) is 17.0 Å². The first-order valence-corrected chi connectivity index (χ1v) is 9.20. The summed E-state index contributed by atoms with van der Waals surface area (Å²) in [6, 6.07) is 12.0. The van der Waals surface area contributed by atoms with Crippen LogP contribution in [0.15, 0.2) is 46.9 Å². The molecule has 2 aromatic rings. The maximum Gasteiger partial charge on any atom is 0.269 e. The van der Waals surface area contributed by atoms with E-state index in [2.05, 4.69) is 54.7 Å². The SMILES string of the molecule is COc1ccc(C(=O)NNC(=S)NC(=O)c2ccccc2I)cc1Br. The highest BCUT2D eigenvalue weighted by atomic mass is 127. The average Bonchev–Trinajstić information content (AvgIpc) is 2.59. The first-order valence-electron chi connectivity index (χ1n) is 6.92. The number of carbonyl (C=O) groups is 2. The zero-order valence-corrected chi connectivity index (χ0v) is 17.5. The number of carbonyl (C=O) groups excluding carboxylic acids is 2. The van der Waals surface area contributed by atoms with Crippen molar-refractivity contribution in [1.29, 1.82) is 0 Å². The molecular formula is C16H13BrIN3O3S. The van der Waals surface area contributed by atoms with Gasteiger partial charge in [0.2, 0.25) is 0 Å². The van der Waals surface area contributed by atoms with Crippen LogP contribution >= 0.6 is 50.7 Å². The van der Waals surface area contributed by atoms with Gasteiger partial charge in [0.05, 0.1) is 17.1 Å². The van der Waals surface area contributed by atoms with Crippen molar-refractivity contribution in [2.75, 3.05) is 7.11 Å². The number of ether oxygens (including phenoxy) is 1. The van der Waals surface area contributed by atoms with Crippen LogP contribution in [-0.4, -0.2) is 24.0 Å². The zero-order chi connectivity index (χ0) is 18.4. The molecule has 6 nitrogen and oxygen atoms in total. The number of benzene rings is 2. The highest BCUT2D eigenvalue weighted by molar-refractivity contribution is 14.1. The molecule has 0 saturated heterocycles. The molecule has 0 radical (unpaired) electrons. The predicted octanol–water partition coefficient (Wildman–Crippen LogP) is 3.01. The minimum absolute atomic E-state index is 0.00872. The van der Waals surface area contributed by atoms with Crippen molar-refractivity contribution in [3.05, 3.63) is 61.6 Å². The minimum atomic E-state index is -0.408. The second kappa shape index (κ2) is 9.11. The number of thiocarbonyl (C=S) groups is 1. The Balaban J connectivity index is 1.91. The van der Waals surface area contributed by atoms with Crippen LogP contribution in [0.3, 0.4) is 0 Å². The van der Waals surface area contributed by atoms with Crippen LogP contribution in [0.5, 0.6) is 5.75 Å². The van der Waals surface area contributed by atoms with E-state index >= 15 is 0 Å². The topological polar surface area (TPSA) is 79.5 Å². The van der Waals surface area contributed by atoms with Crippen molar-refractivity contribution in [3.8, 4) is 5.75 Å². The summed E-state index contributed by atoms with van der Waals surface area (Å²) in [6.45, 7) is 0. The Morgan fingerprint density at radius 3 is 2.48 bits per heavy atom. The molecule has 0 aliphatic rings. The fourth-order valence-corrected chi connectivity index (χ4v) is 3.16. The van der Waals surface area contributed by atoms with Crippen molar-refractivity contribution < 1.29 is 14.3 Å². The minimum Gasteiger partial charge on any atom is -0.496 e. The standard InChI is InChI=1S/C16H13BrIN3O3S/c1-24-13-7-6-9(8-11(13)17)14(22)20-21-16(25)19-15(23)10-4-2-3-5-12(10)18/h2-8H,1H3,(H,20,22)(H2,19,21,23,25). The van der Waals surface area contributed by atoms with Crippen LogP contribution in [0.2, 0.25) is 0 Å². The second-order valence-corrected chi connectivity index (χ2v) is 7.12. The fourth-order valence-electron chi connectivity index (χ4n) is 1.84. The number of methoxy groups -OCH3 is 1. The van der Waals surface area contributed by atoms with Gasteiger partial charge in [0.25, 0.3) is 11.8 Å². The summed E-state index contributed by atoms with van der Waals surface area (Å²) < 4.78 is 6.56. The molecular weight excluding hydrogens is 521 g/mol. The fraction of sp³-hybridized carbons (Fsp3) is 0.0625. The largest absolute Gasteiger partial charge is 0.496 e. The first kappa shape index (κ1) is 19.6. The first-order chi connectivity index (χ1) is 11.9. The summed E-state index contributed by atoms with van der Waals surface area (Å²) in [5.41, 5.74) is 5.82. The Hall–Kier alpha value is -1.72. The molecule has 0 aromatic heterocycles. The lowest BCUT2D eigenvalue weighted by molar-refractivity contribution is 0.0934. The number of hydrazine groups is 1. The van der Waals surface area contributed by atoms with Crippen LogP contribution in [0.1, 0.15) is 20.7 Å². The molecule has 130 valence electrons. The molecule has 0 saturated carbocycles. The van der Waals surface area contributed by atoms with Crippen LogP contribution in [0.25, 0.3) is 0 Å². The molecule has 0 fully saturated rings. The number of hydrogen-bond donors (Lipinski definition) is 3. The molecule has 9 heteroatoms. The number of nitrogens with one attached hydrogen (secondary N) is 3. The summed E-state index contributed by atoms with van der Waals surface area (Å²) in [5, 5.41) is 2.50. The zero-order valence-electron chi connectivity index (χ0n) is 12.9. The molecule has 0 heterocycles. The van der Waals surface area contributed by atoms with Gasteiger partial charge in [0.15, 0.2) is 5.11 Å². The van der Waals surface area contributed by atoms with E-state index < -0.39 is 5.91 Å². The van der Waals surface area contributed by atoms with Crippen LogP contribution in [0.4, 0.5) is 0 Å². The van der Waals surface area contributed by atoms with Gasteiger partial charge in [0, 0.05) is 9.13 Å². The molecule has 0 unspecified atom stereocenters. The second-order valence-electron chi connectivity index (χ2n) is 4.69. The summed E-state index contributed by atoms with van der Waals surface area (Å²) >= 11 is 10.4. The van der Waals surface area contributed by atoms with Gasteiger partial charge in [-0.05, 0) is 81.1 Å². The quantitative estimate of drug-likeness (QED) is 0.321. The van der Waals surface area contributed by atoms with E-state index in [1.165, 1.54) is 7.11 Å². The summed E-state index contributed by atoms with van der Waals surface area (Å²) in [7, 11) is 1.54. The highest BCUT2D eigenvalue weighted by Crippen LogP contribution is 2.25. The van der Waals surface area contributed by atoms with Gasteiger partial charge in [-0.3, -0.25) is 25.8 Å². The third-order valence-corrected chi connectivity index (χ3v) is 4.81. The van der Waals surface area contributed by atoms with E-state index in [1.54, 1.807) is 30.3 Å². The molecule has 0 aliphatic heterocycles. The van der Waals surface area contributed by atoms with E-state index in [0.29, 0.717) is 21.3 Å². The third-order valence-electron chi connectivity index (χ3n) is 3.05. The Morgan fingerprint density at radius 1 is 1.12 bits per heavy atom. The third kappa shape index (κ3) is 5.38. The van der Waals surface area contributed by atoms with Crippen LogP contribution in [-0.2, 0) is 0 Å². The van der Waals surface area contributed by atoms with Gasteiger partial charge in [-0.25, -0.2) is 0 Å². The normalized spacial score (nSPS) is 9.88. The van der Waals surface area contributed by atoms with Crippen molar-refractivity contribution in [3.63, 3.8) is 0 Å². The Kier molecular flexibility index (Phi) is 7.14. The summed E-state index contributed by atoms with van der Waals surface area (Å²) in [5.74, 6) is -0.150. The Morgan fingerprint density at radius 2 is 1.84 bits per heavy atom. The lowest BCUT2D eigenvalue weighted by atomic mass is 10.2. The Labute approximate surface area is 171 Å². The summed E-state index contributed by atoms with van der Waals surface area (Å²) in [4.78, 5) is 24.2. The predicted molar refractivity (Wildman–Crippen MR) is 111 cm³/mol.